The number of anilines is 2. The Bertz CT molecular complexity index is 2080. The molecule has 2 fully saturated rings. The van der Waals surface area contributed by atoms with Gasteiger partial charge in [-0.25, -0.2) is 4.98 Å². The Labute approximate surface area is 300 Å². The molecule has 0 spiro atoms. The highest BCUT2D eigenvalue weighted by Gasteiger charge is 2.32. The fourth-order valence-electron chi connectivity index (χ4n) is 6.64. The van der Waals surface area contributed by atoms with Gasteiger partial charge in [-0.05, 0) is 31.0 Å². The van der Waals surface area contributed by atoms with Crippen LogP contribution in [0.3, 0.4) is 0 Å². The highest BCUT2D eigenvalue weighted by Crippen LogP contribution is 2.48. The molecule has 260 valence electrons. The number of pyridine rings is 2. The first-order chi connectivity index (χ1) is 24.3. The average molecular weight is 718 g/mol. The van der Waals surface area contributed by atoms with Crippen LogP contribution in [0.25, 0.3) is 38.9 Å². The third-order valence-corrected chi connectivity index (χ3v) is 10.0. The van der Waals surface area contributed by atoms with Gasteiger partial charge in [-0.1, -0.05) is 29.3 Å². The molecule has 1 aliphatic heterocycles. The standard InChI is InChI=1S/C37H38Cl2N6O5/c1-47-15-5-6-33(46)42-27-17-24(30(48-2)19-29(27)44-13-11-43(12-14-44)23-7-8-23)26-18-28-22(21-41-26)16-25(37-40-9-10-45(28)37)34-35(38)31(49-3)20-32(50-4)36(34)39/h5-6,9-10,16-21,23H,7-8,11-15H2,1-4H3,(H,42,46)/b6-5-. The first-order valence-electron chi connectivity index (χ1n) is 16.4. The quantitative estimate of drug-likeness (QED) is 0.145. The van der Waals surface area contributed by atoms with Crippen LogP contribution in [0.2, 0.25) is 10.0 Å². The summed E-state index contributed by atoms with van der Waals surface area (Å²) in [7, 11) is 6.32. The number of hydrogen-bond donors (Lipinski definition) is 1. The Morgan fingerprint density at radius 1 is 0.900 bits per heavy atom. The van der Waals surface area contributed by atoms with Crippen molar-refractivity contribution in [1.82, 2.24) is 19.3 Å². The lowest BCUT2D eigenvalue weighted by atomic mass is 10.0. The van der Waals surface area contributed by atoms with Gasteiger partial charge in [0.1, 0.15) is 22.9 Å². The molecule has 0 radical (unpaired) electrons. The minimum Gasteiger partial charge on any atom is -0.496 e. The van der Waals surface area contributed by atoms with E-state index in [4.69, 9.17) is 47.1 Å². The number of imidazole rings is 1. The second-order valence-electron chi connectivity index (χ2n) is 12.3. The monoisotopic (exact) mass is 716 g/mol. The number of aromatic nitrogens is 3. The molecular formula is C37H38Cl2N6O5. The van der Waals surface area contributed by atoms with Gasteiger partial charge in [0.25, 0.3) is 0 Å². The zero-order valence-electron chi connectivity index (χ0n) is 28.3. The van der Waals surface area contributed by atoms with Crippen molar-refractivity contribution in [2.75, 3.05) is 71.4 Å². The summed E-state index contributed by atoms with van der Waals surface area (Å²) in [6.07, 6.45) is 11.1. The first-order valence-corrected chi connectivity index (χ1v) is 17.1. The summed E-state index contributed by atoms with van der Waals surface area (Å²) in [5.41, 5.74) is 5.69. The van der Waals surface area contributed by atoms with Gasteiger partial charge in [0, 0.05) is 98.2 Å². The molecule has 3 aromatic heterocycles. The molecule has 5 aromatic rings. The van der Waals surface area contributed by atoms with Crippen LogP contribution in [-0.2, 0) is 9.53 Å². The number of piperazine rings is 1. The molecule has 1 saturated carbocycles. The summed E-state index contributed by atoms with van der Waals surface area (Å²) in [5.74, 6) is 1.25. The number of carbonyl (C=O) groups is 1. The predicted octanol–water partition coefficient (Wildman–Crippen LogP) is 6.97. The van der Waals surface area contributed by atoms with E-state index in [1.807, 2.05) is 34.9 Å². The molecule has 4 heterocycles. The molecule has 1 N–H and O–H groups in total. The van der Waals surface area contributed by atoms with Crippen molar-refractivity contribution in [1.29, 1.82) is 0 Å². The van der Waals surface area contributed by atoms with Crippen molar-refractivity contribution in [3.8, 4) is 39.6 Å². The first kappa shape index (κ1) is 33.9. The second-order valence-corrected chi connectivity index (χ2v) is 13.0. The minimum atomic E-state index is -0.248. The highest BCUT2D eigenvalue weighted by molar-refractivity contribution is 6.41. The zero-order chi connectivity index (χ0) is 34.9. The van der Waals surface area contributed by atoms with E-state index >= 15 is 0 Å². The predicted molar refractivity (Wildman–Crippen MR) is 197 cm³/mol. The lowest BCUT2D eigenvalue weighted by molar-refractivity contribution is -0.111. The molecule has 0 unspecified atom stereocenters. The normalized spacial score (nSPS) is 15.3. The largest absolute Gasteiger partial charge is 0.496 e. The molecule has 0 atom stereocenters. The van der Waals surface area contributed by atoms with Crippen LogP contribution in [0.15, 0.2) is 61.1 Å². The third kappa shape index (κ3) is 6.42. The number of carbonyl (C=O) groups excluding carboxylic acids is 1. The minimum absolute atomic E-state index is 0.248. The Morgan fingerprint density at radius 2 is 1.62 bits per heavy atom. The van der Waals surface area contributed by atoms with Crippen molar-refractivity contribution >= 4 is 57.0 Å². The van der Waals surface area contributed by atoms with Crippen LogP contribution < -0.4 is 24.4 Å². The van der Waals surface area contributed by atoms with Crippen LogP contribution in [-0.4, -0.2) is 92.4 Å². The summed E-state index contributed by atoms with van der Waals surface area (Å²) in [6.45, 7) is 3.99. The Balaban J connectivity index is 1.33. The van der Waals surface area contributed by atoms with Crippen molar-refractivity contribution in [3.05, 3.63) is 71.1 Å². The Kier molecular flexibility index (Phi) is 9.74. The van der Waals surface area contributed by atoms with E-state index in [-0.39, 0.29) is 5.91 Å². The van der Waals surface area contributed by atoms with E-state index in [2.05, 4.69) is 20.1 Å². The van der Waals surface area contributed by atoms with Gasteiger partial charge in [0.2, 0.25) is 5.91 Å². The number of methoxy groups -OCH3 is 4. The van der Waals surface area contributed by atoms with Crippen LogP contribution in [0.4, 0.5) is 11.4 Å². The van der Waals surface area contributed by atoms with Crippen molar-refractivity contribution in [2.24, 2.45) is 0 Å². The van der Waals surface area contributed by atoms with Gasteiger partial charge in [-0.2, -0.15) is 0 Å². The summed E-state index contributed by atoms with van der Waals surface area (Å²) in [4.78, 5) is 27.5. The maximum absolute atomic E-state index is 13.1. The number of amides is 1. The average Bonchev–Trinajstić information content (AvgIpc) is 3.87. The third-order valence-electron chi connectivity index (χ3n) is 9.30. The molecule has 2 aliphatic rings. The molecule has 0 bridgehead atoms. The molecule has 7 rings (SSSR count). The maximum Gasteiger partial charge on any atom is 0.248 e. The van der Waals surface area contributed by atoms with E-state index in [9.17, 15) is 4.79 Å². The van der Waals surface area contributed by atoms with E-state index in [0.29, 0.717) is 68.1 Å². The van der Waals surface area contributed by atoms with Crippen LogP contribution in [0.5, 0.6) is 17.2 Å². The van der Waals surface area contributed by atoms with Gasteiger partial charge < -0.3 is 29.2 Å². The molecule has 1 aliphatic carbocycles. The molecule has 13 heteroatoms. The summed E-state index contributed by atoms with van der Waals surface area (Å²) < 4.78 is 24.1. The number of fused-ring (bicyclic) bond motifs is 3. The topological polar surface area (TPSA) is 103 Å². The van der Waals surface area contributed by atoms with Gasteiger partial charge in [0.05, 0.1) is 60.6 Å². The zero-order valence-corrected chi connectivity index (χ0v) is 29.8. The van der Waals surface area contributed by atoms with E-state index in [0.717, 1.165) is 48.3 Å². The highest BCUT2D eigenvalue weighted by atomic mass is 35.5. The molecule has 1 saturated heterocycles. The van der Waals surface area contributed by atoms with Crippen molar-refractivity contribution < 1.29 is 23.7 Å². The van der Waals surface area contributed by atoms with E-state index < -0.39 is 0 Å². The van der Waals surface area contributed by atoms with Crippen LogP contribution in [0.1, 0.15) is 12.8 Å². The maximum atomic E-state index is 13.1. The number of nitrogens with one attached hydrogen (secondary N) is 1. The number of nitrogens with zero attached hydrogens (tertiary/aromatic N) is 5. The molecule has 2 aromatic carbocycles. The number of hydrogen-bond acceptors (Lipinski definition) is 9. The number of benzene rings is 2. The summed E-state index contributed by atoms with van der Waals surface area (Å²) in [6, 6.07) is 10.3. The fourth-order valence-corrected chi connectivity index (χ4v) is 7.34. The number of halogens is 2. The molecule has 1 amide bonds. The van der Waals surface area contributed by atoms with Gasteiger partial charge in [0.15, 0.2) is 0 Å². The Morgan fingerprint density at radius 3 is 2.28 bits per heavy atom. The van der Waals surface area contributed by atoms with E-state index in [1.54, 1.807) is 53.0 Å². The molecule has 11 nitrogen and oxygen atoms in total. The van der Waals surface area contributed by atoms with Crippen LogP contribution >= 0.6 is 23.2 Å². The molecular weight excluding hydrogens is 679 g/mol. The lowest BCUT2D eigenvalue weighted by Crippen LogP contribution is -2.47. The van der Waals surface area contributed by atoms with Gasteiger partial charge in [-0.3, -0.25) is 19.1 Å². The van der Waals surface area contributed by atoms with Crippen LogP contribution in [0, 0.1) is 0 Å². The smallest absolute Gasteiger partial charge is 0.248 e. The summed E-state index contributed by atoms with van der Waals surface area (Å²) in [5, 5.41) is 4.62. The summed E-state index contributed by atoms with van der Waals surface area (Å²) >= 11 is 13.7. The number of rotatable bonds is 11. The lowest BCUT2D eigenvalue weighted by Gasteiger charge is -2.37. The SMILES string of the molecule is COC/C=C\C(=O)Nc1cc(-c2cc3c(cn2)cc(-c2c(Cl)c(OC)cc(OC)c2Cl)c2nccn23)c(OC)cc1N1CCN(C2CC2)CC1. The van der Waals surface area contributed by atoms with Crippen molar-refractivity contribution in [2.45, 2.75) is 18.9 Å². The van der Waals surface area contributed by atoms with Gasteiger partial charge >= 0.3 is 0 Å². The second kappa shape index (κ2) is 14.4. The van der Waals surface area contributed by atoms with Gasteiger partial charge in [-0.15, -0.1) is 0 Å². The molecule has 50 heavy (non-hydrogen) atoms. The van der Waals surface area contributed by atoms with E-state index in [1.165, 1.54) is 18.9 Å². The fraction of sp³-hybridized carbons (Fsp3) is 0.324. The van der Waals surface area contributed by atoms with Crippen molar-refractivity contribution in [3.63, 3.8) is 0 Å². The Hall–Kier alpha value is -4.55. The number of ether oxygens (including phenoxy) is 4.